The summed E-state index contributed by atoms with van der Waals surface area (Å²) in [6.07, 6.45) is 5.15. The Bertz CT molecular complexity index is 3450. The van der Waals surface area contributed by atoms with E-state index >= 15 is 0 Å². The Morgan fingerprint density at radius 1 is 0.509 bits per heavy atom. The van der Waals surface area contributed by atoms with Gasteiger partial charge in [-0.3, -0.25) is 0 Å². The van der Waals surface area contributed by atoms with Gasteiger partial charge in [0.1, 0.15) is 28.6 Å². The maximum absolute atomic E-state index is 10.5. The first-order valence-electron chi connectivity index (χ1n) is 17.9. The molecule has 4 aromatic heterocycles. The minimum absolute atomic E-state index is 0.609. The lowest BCUT2D eigenvalue weighted by Crippen LogP contribution is -1.99. The number of aromatic nitrogens is 2. The van der Waals surface area contributed by atoms with Crippen LogP contribution in [0.5, 0.6) is 0 Å². The summed E-state index contributed by atoms with van der Waals surface area (Å²) < 4.78 is 17.2. The van der Waals surface area contributed by atoms with E-state index in [4.69, 9.17) is 8.83 Å². The summed E-state index contributed by atoms with van der Waals surface area (Å²) in [6, 6.07) is 51.2. The molecule has 1 aliphatic rings. The fraction of sp³-hybridized carbons (Fsp3) is 0.0208. The van der Waals surface area contributed by atoms with Gasteiger partial charge in [0, 0.05) is 49.0 Å². The molecule has 0 spiro atoms. The quantitative estimate of drug-likeness (QED) is 0.187. The highest BCUT2D eigenvalue weighted by molar-refractivity contribution is 6.27. The van der Waals surface area contributed by atoms with Crippen LogP contribution in [0, 0.1) is 11.3 Å². The Hall–Kier alpha value is -7.29. The molecule has 0 amide bonds. The van der Waals surface area contributed by atoms with Gasteiger partial charge in [0.25, 0.3) is 0 Å². The van der Waals surface area contributed by atoms with Crippen molar-refractivity contribution < 1.29 is 8.83 Å². The number of para-hydroxylation sites is 3. The van der Waals surface area contributed by atoms with E-state index in [0.29, 0.717) is 5.56 Å². The molecule has 0 bridgehead atoms. The van der Waals surface area contributed by atoms with Crippen LogP contribution in [0.4, 0.5) is 0 Å². The smallest absolute Gasteiger partial charge is 0.136 e. The van der Waals surface area contributed by atoms with Gasteiger partial charge in [0.2, 0.25) is 0 Å². The summed E-state index contributed by atoms with van der Waals surface area (Å²) in [4.78, 5) is 0. The molecule has 0 atom stereocenters. The van der Waals surface area contributed by atoms with Crippen molar-refractivity contribution >= 4 is 82.6 Å². The summed E-state index contributed by atoms with van der Waals surface area (Å²) in [5, 5.41) is 18.6. The molecule has 0 radical (unpaired) electrons. The van der Waals surface area contributed by atoms with Crippen LogP contribution in [0.3, 0.4) is 0 Å². The molecule has 0 saturated carbocycles. The summed E-state index contributed by atoms with van der Waals surface area (Å²) in [5.41, 5.74) is 12.9. The molecule has 5 heteroatoms. The first-order chi connectivity index (χ1) is 26.2. The molecule has 5 nitrogen and oxygen atoms in total. The normalized spacial score (nSPS) is 12.7. The Morgan fingerprint density at radius 2 is 1.19 bits per heavy atom. The third-order valence-electron chi connectivity index (χ3n) is 11.2. The van der Waals surface area contributed by atoms with Crippen LogP contribution in [0.15, 0.2) is 154 Å². The Kier molecular flexibility index (Phi) is 5.57. The van der Waals surface area contributed by atoms with E-state index in [-0.39, 0.29) is 0 Å². The van der Waals surface area contributed by atoms with Gasteiger partial charge in [-0.05, 0) is 90.4 Å². The van der Waals surface area contributed by atoms with Gasteiger partial charge in [0.15, 0.2) is 0 Å². The minimum atomic E-state index is 0.609. The van der Waals surface area contributed by atoms with E-state index in [2.05, 4.69) is 149 Å². The van der Waals surface area contributed by atoms with Gasteiger partial charge in [-0.15, -0.1) is 0 Å². The van der Waals surface area contributed by atoms with Crippen molar-refractivity contribution in [3.63, 3.8) is 0 Å². The number of furan rings is 2. The molecule has 0 saturated heterocycles. The number of benzene rings is 7. The van der Waals surface area contributed by atoms with Crippen LogP contribution in [0.1, 0.15) is 16.9 Å². The van der Waals surface area contributed by atoms with E-state index in [1.54, 1.807) is 0 Å². The van der Waals surface area contributed by atoms with Gasteiger partial charge in [-0.25, -0.2) is 0 Å². The average Bonchev–Trinajstić information content (AvgIpc) is 4.02. The van der Waals surface area contributed by atoms with Crippen LogP contribution in [0.2, 0.25) is 0 Å². The average molecular weight is 678 g/mol. The number of allylic oxidation sites excluding steroid dienone is 1. The van der Waals surface area contributed by atoms with E-state index < -0.39 is 0 Å². The largest absolute Gasteiger partial charge is 0.456 e. The van der Waals surface area contributed by atoms with Gasteiger partial charge in [0.05, 0.1) is 33.3 Å². The van der Waals surface area contributed by atoms with Crippen molar-refractivity contribution in [1.82, 2.24) is 9.13 Å². The van der Waals surface area contributed by atoms with Crippen LogP contribution < -0.4 is 0 Å². The van der Waals surface area contributed by atoms with E-state index in [1.165, 1.54) is 21.7 Å². The van der Waals surface area contributed by atoms with E-state index in [1.807, 2.05) is 18.2 Å². The Morgan fingerprint density at radius 3 is 2.00 bits per heavy atom. The van der Waals surface area contributed by atoms with Crippen molar-refractivity contribution in [2.75, 3.05) is 0 Å². The number of hydrogen-bond donors (Lipinski definition) is 0. The van der Waals surface area contributed by atoms with Crippen molar-refractivity contribution in [2.45, 2.75) is 6.42 Å². The van der Waals surface area contributed by atoms with Crippen molar-refractivity contribution in [1.29, 1.82) is 5.26 Å². The maximum Gasteiger partial charge on any atom is 0.136 e. The summed E-state index contributed by atoms with van der Waals surface area (Å²) in [5.74, 6) is 0.966. The van der Waals surface area contributed by atoms with Crippen molar-refractivity contribution in [3.05, 3.63) is 162 Å². The molecule has 0 aliphatic heterocycles. The lowest BCUT2D eigenvalue weighted by atomic mass is 10.0. The van der Waals surface area contributed by atoms with Crippen molar-refractivity contribution in [3.8, 4) is 28.6 Å². The summed E-state index contributed by atoms with van der Waals surface area (Å²) >= 11 is 0. The third kappa shape index (κ3) is 3.79. The van der Waals surface area contributed by atoms with Gasteiger partial charge in [-0.2, -0.15) is 5.26 Å². The molecule has 7 aromatic carbocycles. The standard InChI is InChI=1S/C48H27N3O2/c49-27-30-20-19-29(26-40(30)51-37-16-5-2-12-33(37)46-39(51)22-24-44-47(46)34-13-3-6-17-41(34)52-44)28-9-7-10-31(25-28)50-36-15-4-1-11-32(36)45-38(50)21-23-43-48(45)35-14-8-18-42(35)53-43/h1-13,15-26H,14H2. The topological polar surface area (TPSA) is 59.9 Å². The van der Waals surface area contributed by atoms with Crippen molar-refractivity contribution in [2.24, 2.45) is 0 Å². The highest BCUT2D eigenvalue weighted by atomic mass is 16.3. The number of rotatable bonds is 3. The lowest BCUT2D eigenvalue weighted by molar-refractivity contribution is 0.603. The van der Waals surface area contributed by atoms with Crippen LogP contribution in [0.25, 0.3) is 105 Å². The second kappa shape index (κ2) is 10.4. The number of nitrogens with zero attached hydrogens (tertiary/aromatic N) is 3. The molecule has 0 unspecified atom stereocenters. The van der Waals surface area contributed by atoms with Crippen LogP contribution in [-0.4, -0.2) is 9.13 Å². The van der Waals surface area contributed by atoms with Gasteiger partial charge >= 0.3 is 0 Å². The first kappa shape index (κ1) is 28.4. The molecule has 53 heavy (non-hydrogen) atoms. The molecular weight excluding hydrogens is 651 g/mol. The molecule has 12 rings (SSSR count). The summed E-state index contributed by atoms with van der Waals surface area (Å²) in [7, 11) is 0. The fourth-order valence-electron chi connectivity index (χ4n) is 8.98. The zero-order valence-corrected chi connectivity index (χ0v) is 28.3. The zero-order chi connectivity index (χ0) is 34.8. The predicted octanol–water partition coefficient (Wildman–Crippen LogP) is 12.6. The Labute approximate surface area is 302 Å². The van der Waals surface area contributed by atoms with Crippen LogP contribution >= 0.6 is 0 Å². The molecule has 0 N–H and O–H groups in total. The zero-order valence-electron chi connectivity index (χ0n) is 28.3. The molecule has 246 valence electrons. The monoisotopic (exact) mass is 677 g/mol. The SMILES string of the molecule is N#Cc1ccc(-c2cccc(-n3c4ccccc4c4c5c6c(oc5ccc43)C=CC6)c2)cc1-n1c2ccccc2c2c3c(ccc21)oc1ccccc13. The first-order valence-corrected chi connectivity index (χ1v) is 17.9. The second-order valence-corrected chi connectivity index (χ2v) is 13.9. The molecule has 0 fully saturated rings. The maximum atomic E-state index is 10.5. The van der Waals surface area contributed by atoms with Gasteiger partial charge < -0.3 is 18.0 Å². The second-order valence-electron chi connectivity index (χ2n) is 13.9. The number of nitriles is 1. The van der Waals surface area contributed by atoms with E-state index in [0.717, 1.165) is 95.0 Å². The highest BCUT2D eigenvalue weighted by Crippen LogP contribution is 2.44. The summed E-state index contributed by atoms with van der Waals surface area (Å²) in [6.45, 7) is 0. The highest BCUT2D eigenvalue weighted by Gasteiger charge is 2.23. The lowest BCUT2D eigenvalue weighted by Gasteiger charge is -2.14. The minimum Gasteiger partial charge on any atom is -0.456 e. The number of hydrogen-bond acceptors (Lipinski definition) is 3. The van der Waals surface area contributed by atoms with Gasteiger partial charge in [-0.1, -0.05) is 78.9 Å². The molecule has 4 heterocycles. The molecule has 11 aromatic rings. The fourth-order valence-corrected chi connectivity index (χ4v) is 8.98. The molecular formula is C48H27N3O2. The number of fused-ring (bicyclic) bond motifs is 14. The third-order valence-corrected chi connectivity index (χ3v) is 11.2. The predicted molar refractivity (Wildman–Crippen MR) is 215 cm³/mol. The van der Waals surface area contributed by atoms with E-state index in [9.17, 15) is 5.26 Å². The Balaban J connectivity index is 1.08. The van der Waals surface area contributed by atoms with Crippen LogP contribution in [-0.2, 0) is 6.42 Å². The molecule has 1 aliphatic carbocycles.